The topological polar surface area (TPSA) is 71.6 Å². The predicted octanol–water partition coefficient (Wildman–Crippen LogP) is 0.170. The SMILES string of the molecule is [C-]#[N+]C(=O)C(=C=N)C(=O)OCC. The lowest BCUT2D eigenvalue weighted by Gasteiger charge is -1.97. The van der Waals surface area contributed by atoms with Gasteiger partial charge in [-0.3, -0.25) is 5.41 Å². The zero-order valence-electron chi connectivity index (χ0n) is 6.38. The Balaban J connectivity index is 4.63. The Hall–Kier alpha value is -1.92. The molecular weight excluding hydrogens is 160 g/mol. The van der Waals surface area contributed by atoms with E-state index in [2.05, 4.69) is 9.58 Å². The number of carbonyl (C=O) groups excluding carboxylic acids is 2. The van der Waals surface area contributed by atoms with Gasteiger partial charge in [0.2, 0.25) is 0 Å². The van der Waals surface area contributed by atoms with Crippen LogP contribution in [-0.2, 0) is 14.3 Å². The third-order valence-electron chi connectivity index (χ3n) is 0.920. The van der Waals surface area contributed by atoms with Crippen molar-refractivity contribution in [2.45, 2.75) is 6.92 Å². The average molecular weight is 166 g/mol. The molecule has 0 radical (unpaired) electrons. The molecule has 0 aliphatic rings. The summed E-state index contributed by atoms with van der Waals surface area (Å²) in [4.78, 5) is 23.8. The number of nitrogens with one attached hydrogen (secondary N) is 1. The van der Waals surface area contributed by atoms with Gasteiger partial charge in [0.1, 0.15) is 0 Å². The minimum absolute atomic E-state index is 0.0926. The van der Waals surface area contributed by atoms with Crippen molar-refractivity contribution in [2.75, 3.05) is 6.61 Å². The highest BCUT2D eigenvalue weighted by Gasteiger charge is 2.19. The number of rotatable bonds is 3. The number of amides is 1. The van der Waals surface area contributed by atoms with E-state index in [9.17, 15) is 9.59 Å². The van der Waals surface area contributed by atoms with E-state index < -0.39 is 17.4 Å². The fraction of sp³-hybridized carbons (Fsp3) is 0.286. The highest BCUT2D eigenvalue weighted by atomic mass is 16.5. The van der Waals surface area contributed by atoms with Gasteiger partial charge in [0, 0.05) is 0 Å². The first-order valence-corrected chi connectivity index (χ1v) is 3.06. The molecule has 12 heavy (non-hydrogen) atoms. The second kappa shape index (κ2) is 4.83. The number of ether oxygens (including phenoxy) is 1. The van der Waals surface area contributed by atoms with Crippen LogP contribution in [0.15, 0.2) is 5.57 Å². The zero-order valence-corrected chi connectivity index (χ0v) is 6.38. The van der Waals surface area contributed by atoms with E-state index in [1.807, 2.05) is 0 Å². The Bertz CT molecular complexity index is 294. The van der Waals surface area contributed by atoms with Gasteiger partial charge in [-0.1, -0.05) is 0 Å². The number of hydrogen-bond acceptors (Lipinski definition) is 4. The molecule has 5 heteroatoms. The van der Waals surface area contributed by atoms with Crippen molar-refractivity contribution in [1.82, 2.24) is 0 Å². The molecular formula is C7H6N2O3. The number of carbonyl (C=O) groups is 2. The van der Waals surface area contributed by atoms with Gasteiger partial charge in [0.25, 0.3) is 0 Å². The normalized spacial score (nSPS) is 7.67. The number of esters is 1. The molecule has 0 unspecified atom stereocenters. The first-order valence-electron chi connectivity index (χ1n) is 3.06. The van der Waals surface area contributed by atoms with Gasteiger partial charge in [0.15, 0.2) is 5.57 Å². The molecule has 0 aromatic rings. The van der Waals surface area contributed by atoms with Crippen molar-refractivity contribution in [3.8, 4) is 0 Å². The zero-order chi connectivity index (χ0) is 9.56. The summed E-state index contributed by atoms with van der Waals surface area (Å²) in [6.45, 7) is 7.94. The molecule has 0 spiro atoms. The lowest BCUT2D eigenvalue weighted by atomic mass is 10.3. The fourth-order valence-corrected chi connectivity index (χ4v) is 0.451. The van der Waals surface area contributed by atoms with E-state index in [1.54, 1.807) is 12.8 Å². The molecule has 1 N–H and O–H groups in total. The highest BCUT2D eigenvalue weighted by molar-refractivity contribution is 6.25. The maximum atomic E-state index is 10.8. The maximum Gasteiger partial charge on any atom is 0.402 e. The van der Waals surface area contributed by atoms with E-state index >= 15 is 0 Å². The number of nitrogens with zero attached hydrogens (tertiary/aromatic N) is 1. The minimum atomic E-state index is -1.12. The molecule has 0 fully saturated rings. The molecule has 0 rings (SSSR count). The van der Waals surface area contributed by atoms with Crippen LogP contribution in [0.25, 0.3) is 4.85 Å². The summed E-state index contributed by atoms with van der Waals surface area (Å²) >= 11 is 0. The Morgan fingerprint density at radius 3 is 2.58 bits per heavy atom. The Morgan fingerprint density at radius 1 is 1.67 bits per heavy atom. The van der Waals surface area contributed by atoms with Crippen molar-refractivity contribution in [3.05, 3.63) is 17.0 Å². The van der Waals surface area contributed by atoms with E-state index in [-0.39, 0.29) is 6.61 Å². The van der Waals surface area contributed by atoms with Crippen LogP contribution in [0.4, 0.5) is 0 Å². The molecule has 0 aromatic carbocycles. The monoisotopic (exact) mass is 166 g/mol. The van der Waals surface area contributed by atoms with E-state index in [1.165, 1.54) is 0 Å². The highest BCUT2D eigenvalue weighted by Crippen LogP contribution is 1.96. The van der Waals surface area contributed by atoms with Gasteiger partial charge in [-0.05, 0) is 12.8 Å². The second-order valence-corrected chi connectivity index (χ2v) is 1.64. The van der Waals surface area contributed by atoms with Crippen molar-refractivity contribution < 1.29 is 14.3 Å². The van der Waals surface area contributed by atoms with Gasteiger partial charge in [0.05, 0.1) is 13.2 Å². The van der Waals surface area contributed by atoms with E-state index in [4.69, 9.17) is 12.0 Å². The molecule has 0 aliphatic carbocycles. The molecule has 0 aromatic heterocycles. The van der Waals surface area contributed by atoms with Gasteiger partial charge in [-0.25, -0.2) is 4.79 Å². The van der Waals surface area contributed by atoms with Crippen LogP contribution in [0, 0.1) is 12.0 Å². The van der Waals surface area contributed by atoms with Crippen LogP contribution in [0.5, 0.6) is 0 Å². The van der Waals surface area contributed by atoms with Gasteiger partial charge >= 0.3 is 11.9 Å². The van der Waals surface area contributed by atoms with Crippen molar-refractivity contribution in [2.24, 2.45) is 0 Å². The molecule has 0 heterocycles. The summed E-state index contributed by atoms with van der Waals surface area (Å²) in [6.07, 6.45) is 0. The Morgan fingerprint density at radius 2 is 2.25 bits per heavy atom. The largest absolute Gasteiger partial charge is 0.463 e. The lowest BCUT2D eigenvalue weighted by Crippen LogP contribution is -2.13. The van der Waals surface area contributed by atoms with E-state index in [0.29, 0.717) is 0 Å². The third kappa shape index (κ3) is 2.37. The summed E-state index contributed by atoms with van der Waals surface area (Å²) in [7, 11) is 0. The molecule has 0 saturated heterocycles. The summed E-state index contributed by atoms with van der Waals surface area (Å²) in [5, 5.41) is 6.55. The summed E-state index contributed by atoms with van der Waals surface area (Å²) < 4.78 is 4.40. The molecule has 0 bridgehead atoms. The van der Waals surface area contributed by atoms with Crippen molar-refractivity contribution >= 4 is 17.7 Å². The predicted molar refractivity (Wildman–Crippen MR) is 39.5 cm³/mol. The van der Waals surface area contributed by atoms with Crippen molar-refractivity contribution in [1.29, 1.82) is 5.41 Å². The molecule has 0 aliphatic heterocycles. The Labute approximate surface area is 69.0 Å². The first kappa shape index (κ1) is 10.1. The molecule has 0 saturated carbocycles. The molecule has 1 amide bonds. The quantitative estimate of drug-likeness (QED) is 0.162. The van der Waals surface area contributed by atoms with Crippen LogP contribution in [-0.4, -0.2) is 24.4 Å². The van der Waals surface area contributed by atoms with Gasteiger partial charge < -0.3 is 9.53 Å². The molecule has 0 atom stereocenters. The van der Waals surface area contributed by atoms with Crippen LogP contribution in [0.2, 0.25) is 0 Å². The van der Waals surface area contributed by atoms with Gasteiger partial charge in [-0.15, -0.1) is 0 Å². The number of hydrogen-bond donors (Lipinski definition) is 1. The van der Waals surface area contributed by atoms with E-state index in [0.717, 1.165) is 0 Å². The summed E-state index contributed by atoms with van der Waals surface area (Å²) in [5.41, 5.74) is -0.660. The van der Waals surface area contributed by atoms with Crippen LogP contribution >= 0.6 is 0 Å². The van der Waals surface area contributed by atoms with Crippen LogP contribution < -0.4 is 0 Å². The van der Waals surface area contributed by atoms with Crippen LogP contribution in [0.3, 0.4) is 0 Å². The average Bonchev–Trinajstić information content (AvgIpc) is 2.06. The Kier molecular flexibility index (Phi) is 4.06. The summed E-state index contributed by atoms with van der Waals surface area (Å²) in [5.74, 6) is -0.534. The van der Waals surface area contributed by atoms with Crippen molar-refractivity contribution in [3.63, 3.8) is 0 Å². The second-order valence-electron chi connectivity index (χ2n) is 1.64. The summed E-state index contributed by atoms with van der Waals surface area (Å²) in [6, 6.07) is 0. The van der Waals surface area contributed by atoms with Crippen LogP contribution in [0.1, 0.15) is 6.92 Å². The standard InChI is InChI=1S/C7H6N2O3/c1-3-12-7(11)5(4-8)6(10)9-2/h8H,3H2,1H3. The third-order valence-corrected chi connectivity index (χ3v) is 0.920. The first-order chi connectivity index (χ1) is 5.67. The molecule has 5 nitrogen and oxygen atoms in total. The maximum absolute atomic E-state index is 10.8. The fourth-order valence-electron chi connectivity index (χ4n) is 0.451. The lowest BCUT2D eigenvalue weighted by molar-refractivity contribution is -0.139. The minimum Gasteiger partial charge on any atom is -0.463 e. The smallest absolute Gasteiger partial charge is 0.402 e. The van der Waals surface area contributed by atoms with Gasteiger partial charge in [-0.2, -0.15) is 4.85 Å². The molecule has 62 valence electrons.